The van der Waals surface area contributed by atoms with E-state index in [2.05, 4.69) is 0 Å². The van der Waals surface area contributed by atoms with Crippen molar-refractivity contribution in [3.63, 3.8) is 0 Å². The van der Waals surface area contributed by atoms with Gasteiger partial charge in [0.1, 0.15) is 6.10 Å². The summed E-state index contributed by atoms with van der Waals surface area (Å²) in [7, 11) is 0. The number of cyclic esters (lactones) is 1. The van der Waals surface area contributed by atoms with Crippen molar-refractivity contribution in [2.45, 2.75) is 6.10 Å². The molecule has 1 heterocycles. The molecule has 1 aliphatic heterocycles. The van der Waals surface area contributed by atoms with E-state index < -0.39 is 6.09 Å². The Morgan fingerprint density at radius 1 is 2.00 bits per heavy atom. The van der Waals surface area contributed by atoms with E-state index in [9.17, 15) is 4.79 Å². The van der Waals surface area contributed by atoms with Crippen LogP contribution in [0.15, 0.2) is 0 Å². The van der Waals surface area contributed by atoms with Crippen LogP contribution in [0.1, 0.15) is 0 Å². The molecule has 1 amide bonds. The Kier molecular flexibility index (Phi) is 2.39. The molecular formula is C5H10N2O2S. The summed E-state index contributed by atoms with van der Waals surface area (Å²) in [5, 5.41) is 1.10. The van der Waals surface area contributed by atoms with E-state index in [-0.39, 0.29) is 6.10 Å². The zero-order chi connectivity index (χ0) is 7.56. The number of hydrogen-bond acceptors (Lipinski definition) is 4. The molecule has 10 heavy (non-hydrogen) atoms. The fourth-order valence-electron chi connectivity index (χ4n) is 0.814. The van der Waals surface area contributed by atoms with Gasteiger partial charge in [0.05, 0.1) is 6.54 Å². The van der Waals surface area contributed by atoms with E-state index in [4.69, 9.17) is 10.6 Å². The lowest BCUT2D eigenvalue weighted by Crippen LogP contribution is -2.32. The average molecular weight is 162 g/mol. The van der Waals surface area contributed by atoms with Crippen LogP contribution >= 0.6 is 11.8 Å². The summed E-state index contributed by atoms with van der Waals surface area (Å²) in [6.45, 7) is 0.514. The van der Waals surface area contributed by atoms with Crippen LogP contribution in [0, 0.1) is 0 Å². The van der Waals surface area contributed by atoms with Crippen molar-refractivity contribution >= 4 is 17.9 Å². The highest BCUT2D eigenvalue weighted by Gasteiger charge is 2.28. The largest absolute Gasteiger partial charge is 0.442 e. The first-order valence-corrected chi connectivity index (χ1v) is 4.35. The third-order valence-electron chi connectivity index (χ3n) is 1.25. The lowest BCUT2D eigenvalue weighted by Gasteiger charge is -2.03. The lowest BCUT2D eigenvalue weighted by molar-refractivity contribution is 0.140. The second-order valence-electron chi connectivity index (χ2n) is 2.11. The van der Waals surface area contributed by atoms with E-state index >= 15 is 0 Å². The molecule has 4 nitrogen and oxygen atoms in total. The highest BCUT2D eigenvalue weighted by Crippen LogP contribution is 2.10. The zero-order valence-corrected chi connectivity index (χ0v) is 6.56. The van der Waals surface area contributed by atoms with Gasteiger partial charge in [0.15, 0.2) is 0 Å². The Balaban J connectivity index is 2.34. The number of ether oxygens (including phenoxy) is 1. The van der Waals surface area contributed by atoms with Gasteiger partial charge in [-0.25, -0.2) is 15.6 Å². The predicted molar refractivity (Wildman–Crippen MR) is 39.5 cm³/mol. The van der Waals surface area contributed by atoms with Gasteiger partial charge in [0.25, 0.3) is 0 Å². The normalized spacial score (nSPS) is 25.2. The van der Waals surface area contributed by atoms with E-state index in [0.717, 1.165) is 10.8 Å². The van der Waals surface area contributed by atoms with Crippen molar-refractivity contribution < 1.29 is 9.53 Å². The summed E-state index contributed by atoms with van der Waals surface area (Å²) in [6, 6.07) is 0. The number of thioether (sulfide) groups is 1. The SMILES string of the molecule is CSCC1CN(N)C(=O)O1. The number of rotatable bonds is 2. The minimum atomic E-state index is -0.418. The van der Waals surface area contributed by atoms with Gasteiger partial charge in [-0.3, -0.25) is 0 Å². The third-order valence-corrected chi connectivity index (χ3v) is 1.96. The maximum absolute atomic E-state index is 10.6. The smallest absolute Gasteiger partial charge is 0.424 e. The minimum Gasteiger partial charge on any atom is -0.442 e. The van der Waals surface area contributed by atoms with Gasteiger partial charge in [0, 0.05) is 5.75 Å². The molecule has 1 unspecified atom stereocenters. The van der Waals surface area contributed by atoms with Crippen LogP contribution in [0.4, 0.5) is 4.79 Å². The van der Waals surface area contributed by atoms with Crippen molar-refractivity contribution in [3.05, 3.63) is 0 Å². The zero-order valence-electron chi connectivity index (χ0n) is 5.74. The van der Waals surface area contributed by atoms with Gasteiger partial charge in [-0.1, -0.05) is 0 Å². The van der Waals surface area contributed by atoms with Gasteiger partial charge in [-0.05, 0) is 6.26 Å². The average Bonchev–Trinajstić information content (AvgIpc) is 2.14. The molecule has 0 spiro atoms. The molecule has 1 atom stereocenters. The first kappa shape index (κ1) is 7.68. The van der Waals surface area contributed by atoms with Crippen LogP contribution in [0.2, 0.25) is 0 Å². The van der Waals surface area contributed by atoms with Gasteiger partial charge in [-0.2, -0.15) is 11.8 Å². The summed E-state index contributed by atoms with van der Waals surface area (Å²) < 4.78 is 4.86. The molecule has 2 N–H and O–H groups in total. The standard InChI is InChI=1S/C5H10N2O2S/c1-10-3-4-2-7(6)5(8)9-4/h4H,2-3,6H2,1H3. The Morgan fingerprint density at radius 2 is 2.70 bits per heavy atom. The van der Waals surface area contributed by atoms with Gasteiger partial charge < -0.3 is 4.74 Å². The van der Waals surface area contributed by atoms with Gasteiger partial charge in [-0.15, -0.1) is 0 Å². The summed E-state index contributed by atoms with van der Waals surface area (Å²) in [5.74, 6) is 6.07. The Morgan fingerprint density at radius 3 is 3.10 bits per heavy atom. The molecular weight excluding hydrogens is 152 g/mol. The Hall–Kier alpha value is -0.420. The van der Waals surface area contributed by atoms with Crippen LogP contribution in [-0.4, -0.2) is 35.8 Å². The fourth-order valence-corrected chi connectivity index (χ4v) is 1.36. The fraction of sp³-hybridized carbons (Fsp3) is 0.800. The van der Waals surface area contributed by atoms with Crippen molar-refractivity contribution in [2.24, 2.45) is 5.84 Å². The Labute approximate surface area is 63.7 Å². The molecule has 0 aromatic carbocycles. The van der Waals surface area contributed by atoms with Crippen LogP contribution in [0.5, 0.6) is 0 Å². The van der Waals surface area contributed by atoms with Crippen LogP contribution in [0.3, 0.4) is 0 Å². The Bertz CT molecular complexity index is 142. The van der Waals surface area contributed by atoms with E-state index in [1.54, 1.807) is 11.8 Å². The molecule has 0 aliphatic carbocycles. The minimum absolute atomic E-state index is 0.0208. The second-order valence-corrected chi connectivity index (χ2v) is 3.02. The molecule has 1 aliphatic rings. The summed E-state index contributed by atoms with van der Waals surface area (Å²) >= 11 is 1.64. The molecule has 1 rings (SSSR count). The summed E-state index contributed by atoms with van der Waals surface area (Å²) in [5.41, 5.74) is 0. The molecule has 0 aromatic heterocycles. The number of carbonyl (C=O) groups excluding carboxylic acids is 1. The van der Waals surface area contributed by atoms with Crippen LogP contribution in [0.25, 0.3) is 0 Å². The molecule has 58 valence electrons. The molecule has 0 radical (unpaired) electrons. The van der Waals surface area contributed by atoms with Crippen molar-refractivity contribution in [1.29, 1.82) is 0 Å². The maximum atomic E-state index is 10.6. The molecule has 1 saturated heterocycles. The monoisotopic (exact) mass is 162 g/mol. The number of nitrogens with two attached hydrogens (primary N) is 1. The predicted octanol–water partition coefficient (Wildman–Crippen LogP) is 0.0439. The molecule has 5 heteroatoms. The summed E-state index contributed by atoms with van der Waals surface area (Å²) in [4.78, 5) is 10.6. The van der Waals surface area contributed by atoms with Crippen LogP contribution < -0.4 is 5.84 Å². The number of hydrazine groups is 1. The topological polar surface area (TPSA) is 55.6 Å². The first-order valence-electron chi connectivity index (χ1n) is 2.96. The number of nitrogens with zero attached hydrogens (tertiary/aromatic N) is 1. The summed E-state index contributed by atoms with van der Waals surface area (Å²) in [6.07, 6.45) is 1.53. The van der Waals surface area contributed by atoms with E-state index in [0.29, 0.717) is 6.54 Å². The lowest BCUT2D eigenvalue weighted by atomic mass is 10.4. The first-order chi connectivity index (χ1) is 4.74. The van der Waals surface area contributed by atoms with Crippen molar-refractivity contribution in [1.82, 2.24) is 5.01 Å². The quantitative estimate of drug-likeness (QED) is 0.460. The number of amides is 1. The highest BCUT2D eigenvalue weighted by molar-refractivity contribution is 7.98. The van der Waals surface area contributed by atoms with Gasteiger partial charge in [0.2, 0.25) is 0 Å². The van der Waals surface area contributed by atoms with Crippen molar-refractivity contribution in [3.8, 4) is 0 Å². The highest BCUT2D eigenvalue weighted by atomic mass is 32.2. The molecule has 0 bridgehead atoms. The maximum Gasteiger partial charge on any atom is 0.424 e. The van der Waals surface area contributed by atoms with Crippen molar-refractivity contribution in [2.75, 3.05) is 18.6 Å². The second kappa shape index (κ2) is 3.12. The molecule has 0 aromatic rings. The van der Waals surface area contributed by atoms with E-state index in [1.165, 1.54) is 0 Å². The molecule has 0 saturated carbocycles. The van der Waals surface area contributed by atoms with E-state index in [1.807, 2.05) is 6.26 Å². The molecule has 1 fully saturated rings. The number of carbonyl (C=O) groups is 1. The van der Waals surface area contributed by atoms with Crippen LogP contribution in [-0.2, 0) is 4.74 Å². The third kappa shape index (κ3) is 1.54. The number of hydrogen-bond donors (Lipinski definition) is 1. The van der Waals surface area contributed by atoms with Gasteiger partial charge >= 0.3 is 6.09 Å².